The van der Waals surface area contributed by atoms with Crippen molar-refractivity contribution in [3.05, 3.63) is 29.6 Å². The summed E-state index contributed by atoms with van der Waals surface area (Å²) in [6.45, 7) is 5.03. The Kier molecular flexibility index (Phi) is 3.15. The highest BCUT2D eigenvalue weighted by Gasteiger charge is 2.20. The summed E-state index contributed by atoms with van der Waals surface area (Å²) in [6.07, 6.45) is 5.20. The maximum atomic E-state index is 4.36. The molecule has 0 amide bonds. The number of aromatic nitrogens is 5. The Balaban J connectivity index is 1.80. The van der Waals surface area contributed by atoms with Crippen molar-refractivity contribution < 1.29 is 0 Å². The van der Waals surface area contributed by atoms with Crippen LogP contribution in [0.15, 0.2) is 12.3 Å². The van der Waals surface area contributed by atoms with Gasteiger partial charge in [0, 0.05) is 24.9 Å². The van der Waals surface area contributed by atoms with Crippen molar-refractivity contribution in [2.45, 2.75) is 45.7 Å². The van der Waals surface area contributed by atoms with E-state index in [0.29, 0.717) is 5.95 Å². The number of hydrogen-bond acceptors (Lipinski definition) is 5. The SMILES string of the molecule is Cc1ccnc(NC(C)c2nnc3n2CCCC3)n1. The molecule has 0 radical (unpaired) electrons. The van der Waals surface area contributed by atoms with Gasteiger partial charge < -0.3 is 9.88 Å². The van der Waals surface area contributed by atoms with Gasteiger partial charge in [-0.05, 0) is 32.8 Å². The van der Waals surface area contributed by atoms with E-state index in [-0.39, 0.29) is 6.04 Å². The van der Waals surface area contributed by atoms with Crippen LogP contribution in [0.1, 0.15) is 43.1 Å². The molecule has 2 aromatic heterocycles. The van der Waals surface area contributed by atoms with Gasteiger partial charge in [-0.15, -0.1) is 10.2 Å². The van der Waals surface area contributed by atoms with Crippen LogP contribution >= 0.6 is 0 Å². The lowest BCUT2D eigenvalue weighted by Gasteiger charge is -2.18. The van der Waals surface area contributed by atoms with Crippen LogP contribution in [0.4, 0.5) is 5.95 Å². The third-order valence-electron chi connectivity index (χ3n) is 3.42. The summed E-state index contributed by atoms with van der Waals surface area (Å²) in [6, 6.07) is 1.94. The topological polar surface area (TPSA) is 68.5 Å². The Labute approximate surface area is 112 Å². The van der Waals surface area contributed by atoms with Gasteiger partial charge in [0.25, 0.3) is 0 Å². The number of aryl methyl sites for hydroxylation is 2. The van der Waals surface area contributed by atoms with Crippen LogP contribution in [0, 0.1) is 6.92 Å². The molecular formula is C13H18N6. The van der Waals surface area contributed by atoms with Crippen LogP contribution in [0.3, 0.4) is 0 Å². The molecule has 0 aromatic carbocycles. The van der Waals surface area contributed by atoms with Crippen LogP contribution in [0.5, 0.6) is 0 Å². The maximum Gasteiger partial charge on any atom is 0.223 e. The first-order valence-corrected chi connectivity index (χ1v) is 6.72. The van der Waals surface area contributed by atoms with Crippen LogP contribution in [0.2, 0.25) is 0 Å². The van der Waals surface area contributed by atoms with Gasteiger partial charge in [0.1, 0.15) is 5.82 Å². The molecule has 0 spiro atoms. The van der Waals surface area contributed by atoms with Crippen LogP contribution in [-0.4, -0.2) is 24.7 Å². The fraction of sp³-hybridized carbons (Fsp3) is 0.538. The first-order chi connectivity index (χ1) is 9.24. The van der Waals surface area contributed by atoms with Gasteiger partial charge in [-0.25, -0.2) is 9.97 Å². The van der Waals surface area contributed by atoms with Gasteiger partial charge in [0.15, 0.2) is 5.82 Å². The van der Waals surface area contributed by atoms with Crippen LogP contribution in [-0.2, 0) is 13.0 Å². The second kappa shape index (κ2) is 4.95. The van der Waals surface area contributed by atoms with Gasteiger partial charge in [-0.3, -0.25) is 0 Å². The van der Waals surface area contributed by atoms with E-state index in [9.17, 15) is 0 Å². The fourth-order valence-corrected chi connectivity index (χ4v) is 2.43. The quantitative estimate of drug-likeness (QED) is 0.910. The summed E-state index contributed by atoms with van der Waals surface area (Å²) in [7, 11) is 0. The Morgan fingerprint density at radius 2 is 2.21 bits per heavy atom. The normalized spacial score (nSPS) is 15.9. The van der Waals surface area contributed by atoms with Gasteiger partial charge in [0.05, 0.1) is 6.04 Å². The second-order valence-electron chi connectivity index (χ2n) is 4.97. The summed E-state index contributed by atoms with van der Waals surface area (Å²) in [5, 5.41) is 11.9. The average molecular weight is 258 g/mol. The number of rotatable bonds is 3. The highest BCUT2D eigenvalue weighted by atomic mass is 15.3. The largest absolute Gasteiger partial charge is 0.344 e. The summed E-state index contributed by atoms with van der Waals surface area (Å²) in [5.41, 5.74) is 0.952. The molecule has 0 saturated carbocycles. The molecular weight excluding hydrogens is 240 g/mol. The van der Waals surface area contributed by atoms with Gasteiger partial charge >= 0.3 is 0 Å². The molecule has 3 rings (SSSR count). The first kappa shape index (κ1) is 12.1. The molecule has 1 N–H and O–H groups in total. The number of hydrogen-bond donors (Lipinski definition) is 1. The van der Waals surface area contributed by atoms with E-state index >= 15 is 0 Å². The van der Waals surface area contributed by atoms with Crippen LogP contribution in [0.25, 0.3) is 0 Å². The zero-order valence-corrected chi connectivity index (χ0v) is 11.3. The van der Waals surface area contributed by atoms with E-state index < -0.39 is 0 Å². The maximum absolute atomic E-state index is 4.36. The molecule has 6 heteroatoms. The second-order valence-corrected chi connectivity index (χ2v) is 4.97. The molecule has 1 aliphatic heterocycles. The number of nitrogens with one attached hydrogen (secondary N) is 1. The van der Waals surface area contributed by atoms with Crippen molar-refractivity contribution in [1.82, 2.24) is 24.7 Å². The molecule has 1 unspecified atom stereocenters. The number of fused-ring (bicyclic) bond motifs is 1. The summed E-state index contributed by atoms with van der Waals surface area (Å²) in [4.78, 5) is 8.58. The average Bonchev–Trinajstić information content (AvgIpc) is 2.82. The highest BCUT2D eigenvalue weighted by molar-refractivity contribution is 5.28. The monoisotopic (exact) mass is 258 g/mol. The third-order valence-corrected chi connectivity index (χ3v) is 3.42. The van der Waals surface area contributed by atoms with Crippen molar-refractivity contribution in [2.24, 2.45) is 0 Å². The minimum atomic E-state index is 0.0566. The predicted octanol–water partition coefficient (Wildman–Crippen LogP) is 1.89. The van der Waals surface area contributed by atoms with Crippen molar-refractivity contribution in [1.29, 1.82) is 0 Å². The van der Waals surface area contributed by atoms with Gasteiger partial charge in [0.2, 0.25) is 5.95 Å². The summed E-state index contributed by atoms with van der Waals surface area (Å²) in [5.74, 6) is 2.71. The fourth-order valence-electron chi connectivity index (χ4n) is 2.43. The zero-order valence-electron chi connectivity index (χ0n) is 11.3. The van der Waals surface area contributed by atoms with Gasteiger partial charge in [-0.2, -0.15) is 0 Å². The van der Waals surface area contributed by atoms with Crippen molar-refractivity contribution >= 4 is 5.95 Å². The smallest absolute Gasteiger partial charge is 0.223 e. The molecule has 6 nitrogen and oxygen atoms in total. The molecule has 1 aliphatic rings. The van der Waals surface area contributed by atoms with E-state index in [1.54, 1.807) is 6.20 Å². The first-order valence-electron chi connectivity index (χ1n) is 6.72. The molecule has 0 saturated heterocycles. The highest BCUT2D eigenvalue weighted by Crippen LogP contribution is 2.20. The standard InChI is InChI=1S/C13H18N6/c1-9-6-7-14-13(15-9)16-10(2)12-18-17-11-5-3-4-8-19(11)12/h6-7,10H,3-5,8H2,1-2H3,(H,14,15,16). The molecule has 0 bridgehead atoms. The minimum absolute atomic E-state index is 0.0566. The van der Waals surface area contributed by atoms with E-state index in [1.807, 2.05) is 13.0 Å². The Bertz CT molecular complexity index is 576. The van der Waals surface area contributed by atoms with E-state index in [2.05, 4.69) is 37.0 Å². The Morgan fingerprint density at radius 1 is 1.32 bits per heavy atom. The lowest BCUT2D eigenvalue weighted by atomic mass is 10.1. The predicted molar refractivity (Wildman–Crippen MR) is 71.8 cm³/mol. The van der Waals surface area contributed by atoms with E-state index in [1.165, 1.54) is 12.8 Å². The lowest BCUT2D eigenvalue weighted by molar-refractivity contribution is 0.500. The van der Waals surface area contributed by atoms with Crippen molar-refractivity contribution in [3.8, 4) is 0 Å². The van der Waals surface area contributed by atoms with Crippen molar-refractivity contribution in [2.75, 3.05) is 5.32 Å². The molecule has 0 aliphatic carbocycles. The van der Waals surface area contributed by atoms with Gasteiger partial charge in [-0.1, -0.05) is 0 Å². The zero-order chi connectivity index (χ0) is 13.2. The molecule has 0 fully saturated rings. The summed E-state index contributed by atoms with van der Waals surface area (Å²) >= 11 is 0. The molecule has 2 aromatic rings. The van der Waals surface area contributed by atoms with Crippen LogP contribution < -0.4 is 5.32 Å². The molecule has 19 heavy (non-hydrogen) atoms. The number of nitrogens with zero attached hydrogens (tertiary/aromatic N) is 5. The number of anilines is 1. The Hall–Kier alpha value is -1.98. The molecule has 3 heterocycles. The lowest BCUT2D eigenvalue weighted by Crippen LogP contribution is -2.19. The Morgan fingerprint density at radius 3 is 3.05 bits per heavy atom. The molecule has 100 valence electrons. The third kappa shape index (κ3) is 2.43. The van der Waals surface area contributed by atoms with Crippen molar-refractivity contribution in [3.63, 3.8) is 0 Å². The summed E-state index contributed by atoms with van der Waals surface area (Å²) < 4.78 is 2.22. The molecule has 1 atom stereocenters. The minimum Gasteiger partial charge on any atom is -0.344 e. The van der Waals surface area contributed by atoms with E-state index in [4.69, 9.17) is 0 Å². The van der Waals surface area contributed by atoms with E-state index in [0.717, 1.165) is 30.3 Å².